The molecule has 0 spiro atoms. The molecule has 5 unspecified atom stereocenters. The molecule has 1 aliphatic heterocycles. The zero-order valence-corrected chi connectivity index (χ0v) is 10.3. The second kappa shape index (κ2) is 6.30. The van der Waals surface area contributed by atoms with Crippen LogP contribution in [0.1, 0.15) is 26.7 Å². The summed E-state index contributed by atoms with van der Waals surface area (Å²) in [6.45, 7) is 4.22. The molecule has 1 fully saturated rings. The van der Waals surface area contributed by atoms with Gasteiger partial charge in [0, 0.05) is 12.6 Å². The van der Waals surface area contributed by atoms with Crippen LogP contribution in [0.4, 0.5) is 0 Å². The number of carbonyl (C=O) groups is 1. The maximum absolute atomic E-state index is 11.8. The number of nitrogens with one attached hydrogen (secondary N) is 2. The van der Waals surface area contributed by atoms with E-state index in [1.165, 1.54) is 0 Å². The quantitative estimate of drug-likeness (QED) is 0.382. The molecule has 5 atom stereocenters. The highest BCUT2D eigenvalue weighted by molar-refractivity contribution is 5.82. The summed E-state index contributed by atoms with van der Waals surface area (Å²) in [5, 5.41) is 34.3. The van der Waals surface area contributed by atoms with E-state index in [9.17, 15) is 20.1 Å². The monoisotopic (exact) mass is 246 g/mol. The van der Waals surface area contributed by atoms with Gasteiger partial charge >= 0.3 is 0 Å². The first-order valence-corrected chi connectivity index (χ1v) is 6.07. The van der Waals surface area contributed by atoms with Crippen molar-refractivity contribution in [2.24, 2.45) is 0 Å². The lowest BCUT2D eigenvalue weighted by Crippen LogP contribution is -2.67. The van der Waals surface area contributed by atoms with E-state index >= 15 is 0 Å². The van der Waals surface area contributed by atoms with Crippen molar-refractivity contribution < 1.29 is 20.1 Å². The highest BCUT2D eigenvalue weighted by Crippen LogP contribution is 2.15. The number of aliphatic hydroxyl groups excluding tert-OH is 3. The highest BCUT2D eigenvalue weighted by Gasteiger charge is 2.43. The van der Waals surface area contributed by atoms with Gasteiger partial charge in [-0.1, -0.05) is 13.3 Å². The third-order valence-electron chi connectivity index (χ3n) is 3.11. The standard InChI is InChI=1S/C11H22N2O4/c1-3-4-5-12-11(17)7-9(15)10(16)8(14)6(2)13-7/h6-10,13-16H,3-5H2,1-2H3,(H,12,17). The molecule has 1 amide bonds. The Kier molecular flexibility index (Phi) is 5.32. The van der Waals surface area contributed by atoms with Gasteiger partial charge in [0.25, 0.3) is 0 Å². The summed E-state index contributed by atoms with van der Waals surface area (Å²) >= 11 is 0. The van der Waals surface area contributed by atoms with Crippen LogP contribution in [0.5, 0.6) is 0 Å². The van der Waals surface area contributed by atoms with Crippen LogP contribution in [-0.2, 0) is 4.79 Å². The Hall–Kier alpha value is -0.690. The minimum Gasteiger partial charge on any atom is -0.389 e. The lowest BCUT2D eigenvalue weighted by molar-refractivity contribution is -0.142. The van der Waals surface area contributed by atoms with Crippen molar-refractivity contribution >= 4 is 5.91 Å². The topological polar surface area (TPSA) is 102 Å². The van der Waals surface area contributed by atoms with Gasteiger partial charge in [-0.25, -0.2) is 0 Å². The van der Waals surface area contributed by atoms with E-state index < -0.39 is 30.4 Å². The molecule has 1 heterocycles. The van der Waals surface area contributed by atoms with Gasteiger partial charge in [-0.3, -0.25) is 10.1 Å². The minimum absolute atomic E-state index is 0.344. The summed E-state index contributed by atoms with van der Waals surface area (Å²) in [5.41, 5.74) is 0. The number of aliphatic hydroxyl groups is 3. The lowest BCUT2D eigenvalue weighted by atomic mass is 9.90. The first-order chi connectivity index (χ1) is 7.99. The molecular formula is C11H22N2O4. The zero-order valence-electron chi connectivity index (χ0n) is 10.3. The van der Waals surface area contributed by atoms with E-state index in [1.807, 2.05) is 6.92 Å². The number of hydrogen-bond acceptors (Lipinski definition) is 5. The average Bonchev–Trinajstić information content (AvgIpc) is 2.31. The third-order valence-corrected chi connectivity index (χ3v) is 3.11. The molecule has 6 heteroatoms. The maximum atomic E-state index is 11.8. The number of piperidine rings is 1. The predicted molar refractivity (Wildman–Crippen MR) is 62.3 cm³/mol. The highest BCUT2D eigenvalue weighted by atomic mass is 16.4. The van der Waals surface area contributed by atoms with E-state index in [0.29, 0.717) is 6.54 Å². The fraction of sp³-hybridized carbons (Fsp3) is 0.909. The maximum Gasteiger partial charge on any atom is 0.239 e. The molecule has 0 saturated carbocycles. The zero-order chi connectivity index (χ0) is 13.0. The van der Waals surface area contributed by atoms with Gasteiger partial charge in [-0.05, 0) is 13.3 Å². The predicted octanol–water partition coefficient (Wildman–Crippen LogP) is -1.65. The Bertz CT molecular complexity index is 262. The molecule has 1 saturated heterocycles. The van der Waals surface area contributed by atoms with Crippen molar-refractivity contribution in [2.45, 2.75) is 57.1 Å². The van der Waals surface area contributed by atoms with Gasteiger partial charge in [0.15, 0.2) is 0 Å². The molecule has 1 rings (SSSR count). The van der Waals surface area contributed by atoms with Crippen LogP contribution in [0.25, 0.3) is 0 Å². The van der Waals surface area contributed by atoms with Gasteiger partial charge < -0.3 is 20.6 Å². The second-order valence-electron chi connectivity index (χ2n) is 4.55. The summed E-state index contributed by atoms with van der Waals surface area (Å²) in [7, 11) is 0. The SMILES string of the molecule is CCCCNC(=O)C1NC(C)C(O)C(O)C1O. The van der Waals surface area contributed by atoms with E-state index in [2.05, 4.69) is 10.6 Å². The smallest absolute Gasteiger partial charge is 0.239 e. The molecule has 17 heavy (non-hydrogen) atoms. The number of amides is 1. The van der Waals surface area contributed by atoms with Crippen LogP contribution in [0, 0.1) is 0 Å². The Morgan fingerprint density at radius 3 is 2.47 bits per heavy atom. The summed E-state index contributed by atoms with van der Waals surface area (Å²) in [6, 6.07) is -1.31. The lowest BCUT2D eigenvalue weighted by Gasteiger charge is -2.39. The summed E-state index contributed by atoms with van der Waals surface area (Å²) in [5.74, 6) is -0.344. The Morgan fingerprint density at radius 1 is 1.24 bits per heavy atom. The Labute approximate surface area is 101 Å². The van der Waals surface area contributed by atoms with Gasteiger partial charge in [0.2, 0.25) is 5.91 Å². The number of carbonyl (C=O) groups excluding carboxylic acids is 1. The normalized spacial score (nSPS) is 37.8. The van der Waals surface area contributed by atoms with Crippen molar-refractivity contribution in [3.63, 3.8) is 0 Å². The first-order valence-electron chi connectivity index (χ1n) is 6.07. The molecular weight excluding hydrogens is 224 g/mol. The number of rotatable bonds is 4. The van der Waals surface area contributed by atoms with Gasteiger partial charge in [-0.15, -0.1) is 0 Å². The van der Waals surface area contributed by atoms with Crippen LogP contribution in [-0.4, -0.2) is 58.2 Å². The number of hydrogen-bond donors (Lipinski definition) is 5. The van der Waals surface area contributed by atoms with E-state index in [4.69, 9.17) is 0 Å². The van der Waals surface area contributed by atoms with E-state index in [0.717, 1.165) is 12.8 Å². The Balaban J connectivity index is 2.54. The van der Waals surface area contributed by atoms with Crippen LogP contribution in [0.2, 0.25) is 0 Å². The molecule has 100 valence electrons. The molecule has 5 N–H and O–H groups in total. The number of unbranched alkanes of at least 4 members (excludes halogenated alkanes) is 1. The largest absolute Gasteiger partial charge is 0.389 e. The van der Waals surface area contributed by atoms with Crippen LogP contribution in [0.15, 0.2) is 0 Å². The van der Waals surface area contributed by atoms with Crippen LogP contribution in [0.3, 0.4) is 0 Å². The molecule has 1 aliphatic rings. The summed E-state index contributed by atoms with van der Waals surface area (Å²) < 4.78 is 0. The van der Waals surface area contributed by atoms with Crippen molar-refractivity contribution in [3.05, 3.63) is 0 Å². The molecule has 0 aromatic carbocycles. The van der Waals surface area contributed by atoms with Crippen molar-refractivity contribution in [2.75, 3.05) is 6.54 Å². The van der Waals surface area contributed by atoms with Crippen molar-refractivity contribution in [1.29, 1.82) is 0 Å². The third kappa shape index (κ3) is 3.38. The fourth-order valence-electron chi connectivity index (χ4n) is 1.90. The van der Waals surface area contributed by atoms with Gasteiger partial charge in [-0.2, -0.15) is 0 Å². The van der Waals surface area contributed by atoms with Crippen molar-refractivity contribution in [3.8, 4) is 0 Å². The summed E-state index contributed by atoms with van der Waals surface area (Å²) in [6.07, 6.45) is -1.81. The first kappa shape index (κ1) is 14.4. The molecule has 0 aliphatic carbocycles. The minimum atomic E-state index is -1.30. The average molecular weight is 246 g/mol. The van der Waals surface area contributed by atoms with E-state index in [1.54, 1.807) is 6.92 Å². The van der Waals surface area contributed by atoms with E-state index in [-0.39, 0.29) is 5.91 Å². The molecule has 0 bridgehead atoms. The molecule has 0 radical (unpaired) electrons. The molecule has 6 nitrogen and oxygen atoms in total. The van der Waals surface area contributed by atoms with Crippen LogP contribution >= 0.6 is 0 Å². The summed E-state index contributed by atoms with van der Waals surface area (Å²) in [4.78, 5) is 11.8. The fourth-order valence-corrected chi connectivity index (χ4v) is 1.90. The second-order valence-corrected chi connectivity index (χ2v) is 4.55. The Morgan fingerprint density at radius 2 is 1.88 bits per heavy atom. The van der Waals surface area contributed by atoms with Crippen LogP contribution < -0.4 is 10.6 Å². The van der Waals surface area contributed by atoms with Crippen molar-refractivity contribution in [1.82, 2.24) is 10.6 Å². The van der Waals surface area contributed by atoms with Gasteiger partial charge in [0.1, 0.15) is 18.2 Å². The van der Waals surface area contributed by atoms with Gasteiger partial charge in [0.05, 0.1) is 6.10 Å². The molecule has 0 aromatic heterocycles. The molecule has 0 aromatic rings.